The van der Waals surface area contributed by atoms with E-state index in [0.29, 0.717) is 0 Å². The Morgan fingerprint density at radius 2 is 1.83 bits per heavy atom. The van der Waals surface area contributed by atoms with Gasteiger partial charge in [0.2, 0.25) is 11.8 Å². The Morgan fingerprint density at radius 1 is 1.13 bits per heavy atom. The van der Waals surface area contributed by atoms with Crippen LogP contribution >= 0.6 is 11.8 Å². The zero-order valence-corrected chi connectivity index (χ0v) is 15.0. The molecule has 2 saturated heterocycles. The Morgan fingerprint density at radius 3 is 2.48 bits per heavy atom. The Balaban J connectivity index is 1.60. The van der Waals surface area contributed by atoms with Crippen LogP contribution < -0.4 is 5.32 Å². The van der Waals surface area contributed by atoms with Crippen LogP contribution in [0.5, 0.6) is 0 Å². The van der Waals surface area contributed by atoms with Crippen molar-refractivity contribution in [1.29, 1.82) is 0 Å². The van der Waals surface area contributed by atoms with Crippen molar-refractivity contribution < 1.29 is 9.59 Å². The second-order valence-corrected chi connectivity index (χ2v) is 8.34. The summed E-state index contributed by atoms with van der Waals surface area (Å²) in [5.41, 5.74) is 0.163. The number of rotatable bonds is 4. The lowest BCUT2D eigenvalue weighted by Gasteiger charge is -2.43. The fraction of sp³-hybridized carbons (Fsp3) is 0.882. The van der Waals surface area contributed by atoms with Gasteiger partial charge in [-0.1, -0.05) is 12.8 Å². The Kier molecular flexibility index (Phi) is 5.52. The molecule has 0 aromatic carbocycles. The lowest BCUT2D eigenvalue weighted by molar-refractivity contribution is -0.137. The van der Waals surface area contributed by atoms with E-state index in [2.05, 4.69) is 10.2 Å². The Labute approximate surface area is 143 Å². The number of nitrogens with one attached hydrogen (secondary N) is 1. The van der Waals surface area contributed by atoms with E-state index in [9.17, 15) is 9.59 Å². The van der Waals surface area contributed by atoms with Crippen molar-refractivity contribution in [2.24, 2.45) is 0 Å². The average molecular weight is 340 g/mol. The molecule has 23 heavy (non-hydrogen) atoms. The zero-order valence-electron chi connectivity index (χ0n) is 14.2. The largest absolute Gasteiger partial charge is 0.352 e. The first-order chi connectivity index (χ1) is 11.1. The van der Waals surface area contributed by atoms with Crippen molar-refractivity contribution in [2.45, 2.75) is 57.0 Å². The lowest BCUT2D eigenvalue weighted by atomic mass is 9.94. The monoisotopic (exact) mass is 339 g/mol. The molecule has 0 spiro atoms. The summed E-state index contributed by atoms with van der Waals surface area (Å²) >= 11 is 2.03. The fourth-order valence-electron chi connectivity index (χ4n) is 4.46. The minimum absolute atomic E-state index is 0.0197. The minimum Gasteiger partial charge on any atom is -0.352 e. The van der Waals surface area contributed by atoms with Gasteiger partial charge in [0.05, 0.1) is 0 Å². The van der Waals surface area contributed by atoms with Gasteiger partial charge in [0.15, 0.2) is 0 Å². The van der Waals surface area contributed by atoms with Gasteiger partial charge in [0, 0.05) is 50.1 Å². The normalized spacial score (nSPS) is 28.0. The highest BCUT2D eigenvalue weighted by molar-refractivity contribution is 7.99. The molecule has 0 aromatic rings. The van der Waals surface area contributed by atoms with Crippen LogP contribution in [0.4, 0.5) is 0 Å². The van der Waals surface area contributed by atoms with E-state index in [1.54, 1.807) is 11.8 Å². The van der Waals surface area contributed by atoms with Crippen LogP contribution in [0, 0.1) is 0 Å². The van der Waals surface area contributed by atoms with Gasteiger partial charge < -0.3 is 10.2 Å². The maximum atomic E-state index is 12.6. The summed E-state index contributed by atoms with van der Waals surface area (Å²) in [5, 5.41) is 3.21. The van der Waals surface area contributed by atoms with E-state index in [4.69, 9.17) is 0 Å². The molecule has 1 atom stereocenters. The number of carbonyl (C=O) groups is 2. The first-order valence-electron chi connectivity index (χ1n) is 9.00. The maximum Gasteiger partial charge on any atom is 0.242 e. The average Bonchev–Trinajstić information content (AvgIpc) is 3.23. The number of thioether (sulfide) groups is 1. The standard InChI is InChI=1S/C17H29N3O2S/c1-14(21)20-8-4-5-15(20)16(22)18-13-17(6-2-3-7-17)19-9-11-23-12-10-19/h15H,2-13H2,1H3,(H,18,22). The van der Waals surface area contributed by atoms with Gasteiger partial charge in [-0.3, -0.25) is 14.5 Å². The molecule has 6 heteroatoms. The molecule has 0 bridgehead atoms. The molecule has 1 N–H and O–H groups in total. The summed E-state index contributed by atoms with van der Waals surface area (Å²) < 4.78 is 0. The summed E-state index contributed by atoms with van der Waals surface area (Å²) in [6, 6.07) is -0.247. The molecule has 1 saturated carbocycles. The van der Waals surface area contributed by atoms with Gasteiger partial charge in [-0.25, -0.2) is 0 Å². The highest BCUT2D eigenvalue weighted by atomic mass is 32.2. The number of nitrogens with zero attached hydrogens (tertiary/aromatic N) is 2. The molecule has 0 aromatic heterocycles. The van der Waals surface area contributed by atoms with E-state index in [0.717, 1.165) is 39.0 Å². The molecule has 0 radical (unpaired) electrons. The molecular weight excluding hydrogens is 310 g/mol. The zero-order chi connectivity index (χ0) is 16.3. The van der Waals surface area contributed by atoms with Crippen molar-refractivity contribution in [2.75, 3.05) is 37.7 Å². The van der Waals surface area contributed by atoms with Gasteiger partial charge in [0.25, 0.3) is 0 Å². The van der Waals surface area contributed by atoms with Crippen molar-refractivity contribution in [3.8, 4) is 0 Å². The first kappa shape index (κ1) is 17.1. The van der Waals surface area contributed by atoms with Crippen LogP contribution in [0.3, 0.4) is 0 Å². The number of likely N-dealkylation sites (tertiary alicyclic amines) is 1. The van der Waals surface area contributed by atoms with Crippen LogP contribution in [0.1, 0.15) is 45.4 Å². The van der Waals surface area contributed by atoms with E-state index >= 15 is 0 Å². The number of hydrogen-bond donors (Lipinski definition) is 1. The summed E-state index contributed by atoms with van der Waals surface area (Å²) in [6.45, 7) is 5.32. The number of carbonyl (C=O) groups excluding carboxylic acids is 2. The minimum atomic E-state index is -0.247. The fourth-order valence-corrected chi connectivity index (χ4v) is 5.36. The lowest BCUT2D eigenvalue weighted by Crippen LogP contribution is -2.58. The second kappa shape index (κ2) is 7.43. The van der Waals surface area contributed by atoms with E-state index < -0.39 is 0 Å². The van der Waals surface area contributed by atoms with Crippen molar-refractivity contribution in [1.82, 2.24) is 15.1 Å². The Hall–Kier alpha value is -0.750. The van der Waals surface area contributed by atoms with Crippen molar-refractivity contribution in [3.63, 3.8) is 0 Å². The third kappa shape index (κ3) is 3.68. The highest BCUT2D eigenvalue weighted by Gasteiger charge is 2.41. The third-order valence-corrected chi connectivity index (χ3v) is 6.71. The summed E-state index contributed by atoms with van der Waals surface area (Å²) in [7, 11) is 0. The smallest absolute Gasteiger partial charge is 0.242 e. The van der Waals surface area contributed by atoms with Crippen molar-refractivity contribution >= 4 is 23.6 Å². The summed E-state index contributed by atoms with van der Waals surface area (Å²) in [6.07, 6.45) is 6.66. The summed E-state index contributed by atoms with van der Waals surface area (Å²) in [4.78, 5) is 28.6. The van der Waals surface area contributed by atoms with Gasteiger partial charge >= 0.3 is 0 Å². The van der Waals surface area contributed by atoms with Gasteiger partial charge in [-0.2, -0.15) is 11.8 Å². The van der Waals surface area contributed by atoms with Crippen LogP contribution in [-0.2, 0) is 9.59 Å². The molecule has 2 amide bonds. The Bertz CT molecular complexity index is 445. The van der Waals surface area contributed by atoms with Gasteiger partial charge in [0.1, 0.15) is 6.04 Å². The molecule has 2 aliphatic heterocycles. The van der Waals surface area contributed by atoms with Crippen LogP contribution in [0.2, 0.25) is 0 Å². The molecular formula is C17H29N3O2S. The molecule has 2 heterocycles. The summed E-state index contributed by atoms with van der Waals surface area (Å²) in [5.74, 6) is 2.48. The predicted octanol–water partition coefficient (Wildman–Crippen LogP) is 1.48. The molecule has 3 rings (SSSR count). The van der Waals surface area contributed by atoms with Crippen LogP contribution in [0.25, 0.3) is 0 Å². The molecule has 130 valence electrons. The topological polar surface area (TPSA) is 52.7 Å². The maximum absolute atomic E-state index is 12.6. The number of amides is 2. The van der Waals surface area contributed by atoms with Gasteiger partial charge in [-0.15, -0.1) is 0 Å². The molecule has 1 unspecified atom stereocenters. The van der Waals surface area contributed by atoms with E-state index in [1.807, 2.05) is 11.8 Å². The van der Waals surface area contributed by atoms with Crippen LogP contribution in [-0.4, -0.2) is 70.9 Å². The second-order valence-electron chi connectivity index (χ2n) is 7.12. The number of hydrogen-bond acceptors (Lipinski definition) is 4. The van der Waals surface area contributed by atoms with Crippen LogP contribution in [0.15, 0.2) is 0 Å². The SMILES string of the molecule is CC(=O)N1CCCC1C(=O)NCC1(N2CCSCC2)CCCC1. The van der Waals surface area contributed by atoms with E-state index in [1.165, 1.54) is 37.2 Å². The van der Waals surface area contributed by atoms with E-state index in [-0.39, 0.29) is 23.4 Å². The highest BCUT2D eigenvalue weighted by Crippen LogP contribution is 2.36. The molecule has 1 aliphatic carbocycles. The molecule has 5 nitrogen and oxygen atoms in total. The van der Waals surface area contributed by atoms with Gasteiger partial charge in [-0.05, 0) is 25.7 Å². The van der Waals surface area contributed by atoms with Crippen molar-refractivity contribution in [3.05, 3.63) is 0 Å². The predicted molar refractivity (Wildman–Crippen MR) is 93.5 cm³/mol. The molecule has 3 fully saturated rings. The molecule has 3 aliphatic rings. The first-order valence-corrected chi connectivity index (χ1v) is 10.2. The third-order valence-electron chi connectivity index (χ3n) is 5.77. The quantitative estimate of drug-likeness (QED) is 0.843.